The maximum atomic E-state index is 11.9. The van der Waals surface area contributed by atoms with E-state index < -0.39 is 5.97 Å². The molecule has 0 bridgehead atoms. The van der Waals surface area contributed by atoms with E-state index in [2.05, 4.69) is 0 Å². The number of esters is 1. The number of aliphatic hydroxyl groups is 1. The second-order valence-corrected chi connectivity index (χ2v) is 4.76. The van der Waals surface area contributed by atoms with Gasteiger partial charge in [-0.3, -0.25) is 0 Å². The largest absolute Gasteiger partial charge is 0.508 e. The molecule has 1 aliphatic rings. The fraction of sp³-hybridized carbons (Fsp3) is 0. The van der Waals surface area contributed by atoms with Crippen molar-refractivity contribution < 1.29 is 24.9 Å². The Kier molecular flexibility index (Phi) is 3.31. The molecule has 2 aromatic carbocycles. The summed E-state index contributed by atoms with van der Waals surface area (Å²) in [5, 5.41) is 28.7. The number of cyclic esters (lactones) is 1. The van der Waals surface area contributed by atoms with Crippen LogP contribution in [0.3, 0.4) is 0 Å². The van der Waals surface area contributed by atoms with Gasteiger partial charge in [0.05, 0.1) is 0 Å². The monoisotopic (exact) mass is 296 g/mol. The van der Waals surface area contributed by atoms with Gasteiger partial charge in [0, 0.05) is 0 Å². The lowest BCUT2D eigenvalue weighted by Gasteiger charge is -1.99. The first-order chi connectivity index (χ1) is 10.5. The van der Waals surface area contributed by atoms with Crippen LogP contribution in [-0.2, 0) is 9.53 Å². The first kappa shape index (κ1) is 13.8. The highest BCUT2D eigenvalue weighted by Crippen LogP contribution is 2.33. The fourth-order valence-electron chi connectivity index (χ4n) is 2.12. The zero-order valence-corrected chi connectivity index (χ0v) is 11.4. The van der Waals surface area contributed by atoms with E-state index in [9.17, 15) is 20.1 Å². The average molecular weight is 296 g/mol. The van der Waals surface area contributed by atoms with Gasteiger partial charge >= 0.3 is 5.97 Å². The predicted octanol–water partition coefficient (Wildman–Crippen LogP) is 2.96. The van der Waals surface area contributed by atoms with Gasteiger partial charge in [0.15, 0.2) is 11.5 Å². The number of phenolic OH excluding ortho intramolecular Hbond substituents is 2. The van der Waals surface area contributed by atoms with Crippen molar-refractivity contribution in [3.63, 3.8) is 0 Å². The van der Waals surface area contributed by atoms with Crippen molar-refractivity contribution in [2.45, 2.75) is 0 Å². The van der Waals surface area contributed by atoms with E-state index in [1.54, 1.807) is 12.1 Å². The van der Waals surface area contributed by atoms with E-state index >= 15 is 0 Å². The number of ether oxygens (including phenoxy) is 1. The number of hydrogen-bond acceptors (Lipinski definition) is 5. The lowest BCUT2D eigenvalue weighted by atomic mass is 10.0. The molecule has 0 amide bonds. The molecule has 5 heteroatoms. The number of carbonyl (C=O) groups is 1. The Bertz CT molecular complexity index is 783. The molecule has 1 heterocycles. The van der Waals surface area contributed by atoms with Crippen molar-refractivity contribution >= 4 is 17.6 Å². The van der Waals surface area contributed by atoms with Crippen molar-refractivity contribution in [3.05, 3.63) is 71.2 Å². The highest BCUT2D eigenvalue weighted by atomic mass is 16.6. The predicted molar refractivity (Wildman–Crippen MR) is 79.8 cm³/mol. The zero-order valence-electron chi connectivity index (χ0n) is 11.4. The van der Waals surface area contributed by atoms with E-state index in [1.165, 1.54) is 42.5 Å². The number of aromatic hydroxyl groups is 2. The molecule has 0 saturated heterocycles. The standard InChI is InChI=1S/C17H12O5/c18-12-5-1-10(2-6-12)9-14-16(20)15(17(21)22-14)11-3-7-13(19)8-4-11/h1-9,18-20H/b14-9+. The molecule has 0 fully saturated rings. The fourth-order valence-corrected chi connectivity index (χ4v) is 2.12. The van der Waals surface area contributed by atoms with Crippen LogP contribution in [0, 0.1) is 0 Å². The molecule has 5 nitrogen and oxygen atoms in total. The summed E-state index contributed by atoms with van der Waals surface area (Å²) in [5.41, 5.74) is 1.17. The minimum absolute atomic E-state index is 0.0405. The number of aliphatic hydroxyl groups excluding tert-OH is 1. The van der Waals surface area contributed by atoms with Gasteiger partial charge in [-0.2, -0.15) is 0 Å². The van der Waals surface area contributed by atoms with Crippen molar-refractivity contribution in [2.75, 3.05) is 0 Å². The van der Waals surface area contributed by atoms with E-state index in [1.807, 2.05) is 0 Å². The lowest BCUT2D eigenvalue weighted by molar-refractivity contribution is -0.131. The summed E-state index contributed by atoms with van der Waals surface area (Å²) >= 11 is 0. The lowest BCUT2D eigenvalue weighted by Crippen LogP contribution is -1.98. The molecular formula is C17H12O5. The summed E-state index contributed by atoms with van der Waals surface area (Å²) in [4.78, 5) is 11.9. The van der Waals surface area contributed by atoms with Crippen LogP contribution in [0.2, 0.25) is 0 Å². The van der Waals surface area contributed by atoms with Crippen LogP contribution in [0.15, 0.2) is 60.0 Å². The van der Waals surface area contributed by atoms with E-state index in [0.29, 0.717) is 11.1 Å². The Labute approximate surface area is 126 Å². The zero-order chi connectivity index (χ0) is 15.7. The van der Waals surface area contributed by atoms with E-state index in [0.717, 1.165) is 0 Å². The van der Waals surface area contributed by atoms with Gasteiger partial charge in [-0.25, -0.2) is 4.79 Å². The van der Waals surface area contributed by atoms with Crippen LogP contribution in [0.1, 0.15) is 11.1 Å². The Balaban J connectivity index is 2.00. The third-order valence-electron chi connectivity index (χ3n) is 3.22. The van der Waals surface area contributed by atoms with Crippen LogP contribution in [0.25, 0.3) is 11.6 Å². The Morgan fingerprint density at radius 2 is 1.36 bits per heavy atom. The Morgan fingerprint density at radius 3 is 1.95 bits per heavy atom. The van der Waals surface area contributed by atoms with Crippen LogP contribution >= 0.6 is 0 Å². The SMILES string of the molecule is O=C1O/C(=C/c2ccc(O)cc2)C(O)=C1c1ccc(O)cc1. The molecule has 0 aromatic heterocycles. The van der Waals surface area contributed by atoms with Gasteiger partial charge in [0.25, 0.3) is 0 Å². The summed E-state index contributed by atoms with van der Waals surface area (Å²) < 4.78 is 5.08. The molecule has 1 aliphatic heterocycles. The quantitative estimate of drug-likeness (QED) is 0.742. The molecule has 2 aromatic rings. The van der Waals surface area contributed by atoms with Crippen LogP contribution in [0.4, 0.5) is 0 Å². The smallest absolute Gasteiger partial charge is 0.348 e. The van der Waals surface area contributed by atoms with Gasteiger partial charge < -0.3 is 20.1 Å². The second-order valence-electron chi connectivity index (χ2n) is 4.76. The molecule has 22 heavy (non-hydrogen) atoms. The van der Waals surface area contributed by atoms with Gasteiger partial charge in [-0.15, -0.1) is 0 Å². The Hall–Kier alpha value is -3.21. The molecule has 0 unspecified atom stereocenters. The topological polar surface area (TPSA) is 87.0 Å². The highest BCUT2D eigenvalue weighted by molar-refractivity contribution is 6.20. The summed E-state index contributed by atoms with van der Waals surface area (Å²) in [6.07, 6.45) is 1.50. The minimum atomic E-state index is -0.659. The molecule has 0 atom stereocenters. The second kappa shape index (κ2) is 5.29. The van der Waals surface area contributed by atoms with E-state index in [-0.39, 0.29) is 28.6 Å². The number of phenols is 2. The summed E-state index contributed by atoms with van der Waals surface area (Å²) in [6.45, 7) is 0. The first-order valence-electron chi connectivity index (χ1n) is 6.50. The third kappa shape index (κ3) is 2.52. The van der Waals surface area contributed by atoms with Gasteiger partial charge in [-0.1, -0.05) is 24.3 Å². The summed E-state index contributed by atoms with van der Waals surface area (Å²) in [5.74, 6) is -0.694. The van der Waals surface area contributed by atoms with Crippen molar-refractivity contribution in [2.24, 2.45) is 0 Å². The summed E-state index contributed by atoms with van der Waals surface area (Å²) in [7, 11) is 0. The average Bonchev–Trinajstić information content (AvgIpc) is 2.77. The number of carbonyl (C=O) groups excluding carboxylic acids is 1. The van der Waals surface area contributed by atoms with Crippen molar-refractivity contribution in [1.82, 2.24) is 0 Å². The maximum absolute atomic E-state index is 11.9. The third-order valence-corrected chi connectivity index (χ3v) is 3.22. The molecule has 0 spiro atoms. The van der Waals surface area contributed by atoms with E-state index in [4.69, 9.17) is 4.74 Å². The molecule has 110 valence electrons. The minimum Gasteiger partial charge on any atom is -0.508 e. The van der Waals surface area contributed by atoms with Crippen LogP contribution in [0.5, 0.6) is 11.5 Å². The maximum Gasteiger partial charge on any atom is 0.348 e. The molecule has 3 N–H and O–H groups in total. The number of benzene rings is 2. The molecule has 3 rings (SSSR count). The van der Waals surface area contributed by atoms with Gasteiger partial charge in [-0.05, 0) is 41.5 Å². The number of rotatable bonds is 2. The highest BCUT2D eigenvalue weighted by Gasteiger charge is 2.31. The molecule has 0 saturated carbocycles. The Morgan fingerprint density at radius 1 is 0.818 bits per heavy atom. The van der Waals surface area contributed by atoms with Gasteiger partial charge in [0.1, 0.15) is 17.1 Å². The van der Waals surface area contributed by atoms with Crippen LogP contribution < -0.4 is 0 Å². The van der Waals surface area contributed by atoms with Gasteiger partial charge in [0.2, 0.25) is 0 Å². The van der Waals surface area contributed by atoms with Crippen molar-refractivity contribution in [1.29, 1.82) is 0 Å². The first-order valence-corrected chi connectivity index (χ1v) is 6.50. The number of hydrogen-bond donors (Lipinski definition) is 3. The normalized spacial score (nSPS) is 16.2. The molecule has 0 radical (unpaired) electrons. The molecular weight excluding hydrogens is 284 g/mol. The van der Waals surface area contributed by atoms with Crippen molar-refractivity contribution in [3.8, 4) is 11.5 Å². The molecule has 0 aliphatic carbocycles. The van der Waals surface area contributed by atoms with Crippen LogP contribution in [-0.4, -0.2) is 21.3 Å². The summed E-state index contributed by atoms with van der Waals surface area (Å²) in [6, 6.07) is 12.1.